The molecular formula is C16H17N3O2S. The summed E-state index contributed by atoms with van der Waals surface area (Å²) in [5, 5.41) is 16.0. The van der Waals surface area contributed by atoms with Crippen molar-refractivity contribution in [3.05, 3.63) is 40.2 Å². The van der Waals surface area contributed by atoms with E-state index in [1.165, 1.54) is 16.2 Å². The van der Waals surface area contributed by atoms with Gasteiger partial charge in [-0.05, 0) is 43.9 Å². The molecule has 0 aromatic carbocycles. The standard InChI is InChI=1S/C16H17N3O2S/c1-10(13-5-3-7-21-13)18-9-15(20)19-16-12(8-17)11-4-2-6-14(11)22-16/h3,5,7,10,18H,2,4,6,9H2,1H3,(H,19,20)/t10-/m0/s1. The highest BCUT2D eigenvalue weighted by atomic mass is 32.1. The summed E-state index contributed by atoms with van der Waals surface area (Å²) in [6.07, 6.45) is 4.67. The van der Waals surface area contributed by atoms with Crippen LogP contribution in [0.2, 0.25) is 0 Å². The zero-order valence-corrected chi connectivity index (χ0v) is 13.1. The van der Waals surface area contributed by atoms with Crippen molar-refractivity contribution < 1.29 is 9.21 Å². The van der Waals surface area contributed by atoms with Crippen molar-refractivity contribution in [3.8, 4) is 6.07 Å². The number of anilines is 1. The van der Waals surface area contributed by atoms with Gasteiger partial charge in [0.2, 0.25) is 5.91 Å². The molecule has 0 unspecified atom stereocenters. The number of nitrogens with zero attached hydrogens (tertiary/aromatic N) is 1. The van der Waals surface area contributed by atoms with Crippen molar-refractivity contribution in [2.45, 2.75) is 32.2 Å². The highest BCUT2D eigenvalue weighted by Gasteiger charge is 2.23. The maximum absolute atomic E-state index is 12.1. The summed E-state index contributed by atoms with van der Waals surface area (Å²) in [4.78, 5) is 13.3. The number of nitrogens with one attached hydrogen (secondary N) is 2. The number of nitriles is 1. The Morgan fingerprint density at radius 3 is 3.14 bits per heavy atom. The van der Waals surface area contributed by atoms with Crippen LogP contribution in [0.4, 0.5) is 5.00 Å². The molecule has 0 saturated carbocycles. The Kier molecular flexibility index (Phi) is 4.27. The molecule has 0 radical (unpaired) electrons. The Labute approximate surface area is 132 Å². The van der Waals surface area contributed by atoms with Crippen LogP contribution in [-0.4, -0.2) is 12.5 Å². The van der Waals surface area contributed by atoms with Gasteiger partial charge < -0.3 is 9.73 Å². The van der Waals surface area contributed by atoms with Gasteiger partial charge in [0, 0.05) is 4.88 Å². The Hall–Kier alpha value is -2.10. The van der Waals surface area contributed by atoms with E-state index >= 15 is 0 Å². The normalized spacial score (nSPS) is 14.4. The van der Waals surface area contributed by atoms with Gasteiger partial charge in [0.25, 0.3) is 0 Å². The average molecular weight is 315 g/mol. The predicted molar refractivity (Wildman–Crippen MR) is 84.8 cm³/mol. The monoisotopic (exact) mass is 315 g/mol. The van der Waals surface area contributed by atoms with Crippen LogP contribution in [0.1, 0.15) is 41.2 Å². The summed E-state index contributed by atoms with van der Waals surface area (Å²) in [7, 11) is 0. The van der Waals surface area contributed by atoms with E-state index in [-0.39, 0.29) is 18.5 Å². The van der Waals surface area contributed by atoms with E-state index in [4.69, 9.17) is 4.42 Å². The van der Waals surface area contributed by atoms with Gasteiger partial charge >= 0.3 is 0 Å². The molecule has 2 N–H and O–H groups in total. The maximum Gasteiger partial charge on any atom is 0.238 e. The molecular weight excluding hydrogens is 298 g/mol. The van der Waals surface area contributed by atoms with Crippen molar-refractivity contribution in [1.82, 2.24) is 5.32 Å². The number of aryl methyl sites for hydroxylation is 1. The SMILES string of the molecule is C[C@H](NCC(=O)Nc1sc2c(c1C#N)CCC2)c1ccco1. The molecule has 2 aromatic heterocycles. The first-order chi connectivity index (χ1) is 10.7. The van der Waals surface area contributed by atoms with Gasteiger partial charge in [0.05, 0.1) is 24.4 Å². The van der Waals surface area contributed by atoms with Crippen molar-refractivity contribution in [3.63, 3.8) is 0 Å². The first-order valence-corrected chi connectivity index (χ1v) is 8.12. The van der Waals surface area contributed by atoms with Crippen molar-refractivity contribution in [2.24, 2.45) is 0 Å². The third-order valence-corrected chi connectivity index (χ3v) is 5.03. The maximum atomic E-state index is 12.1. The molecule has 0 bridgehead atoms. The molecule has 2 aromatic rings. The van der Waals surface area contributed by atoms with Crippen LogP contribution in [0.25, 0.3) is 0 Å². The second-order valence-electron chi connectivity index (χ2n) is 5.34. The van der Waals surface area contributed by atoms with E-state index in [2.05, 4.69) is 16.7 Å². The predicted octanol–water partition coefficient (Wildman–Crippen LogP) is 2.99. The summed E-state index contributed by atoms with van der Waals surface area (Å²) >= 11 is 1.53. The second kappa shape index (κ2) is 6.34. The lowest BCUT2D eigenvalue weighted by Crippen LogP contribution is -2.29. The number of rotatable bonds is 5. The van der Waals surface area contributed by atoms with E-state index < -0.39 is 0 Å². The Bertz CT molecular complexity index is 713. The molecule has 0 aliphatic heterocycles. The highest BCUT2D eigenvalue weighted by molar-refractivity contribution is 7.16. The molecule has 1 atom stereocenters. The Morgan fingerprint density at radius 2 is 2.41 bits per heavy atom. The first kappa shape index (κ1) is 14.8. The van der Waals surface area contributed by atoms with Gasteiger partial charge in [-0.2, -0.15) is 5.26 Å². The van der Waals surface area contributed by atoms with E-state index in [0.717, 1.165) is 30.6 Å². The van der Waals surface area contributed by atoms with Crippen LogP contribution in [0.15, 0.2) is 22.8 Å². The number of thiophene rings is 1. The minimum Gasteiger partial charge on any atom is -0.468 e. The summed E-state index contributed by atoms with van der Waals surface area (Å²) in [6.45, 7) is 2.11. The fourth-order valence-corrected chi connectivity index (χ4v) is 3.92. The molecule has 0 fully saturated rings. The van der Waals surface area contributed by atoms with Gasteiger partial charge in [-0.1, -0.05) is 0 Å². The van der Waals surface area contributed by atoms with Gasteiger partial charge in [-0.25, -0.2) is 0 Å². The average Bonchev–Trinajstić information content (AvgIpc) is 3.21. The van der Waals surface area contributed by atoms with E-state index in [1.54, 1.807) is 6.26 Å². The number of hydrogen-bond acceptors (Lipinski definition) is 5. The smallest absolute Gasteiger partial charge is 0.238 e. The zero-order chi connectivity index (χ0) is 15.5. The number of hydrogen-bond donors (Lipinski definition) is 2. The summed E-state index contributed by atoms with van der Waals surface area (Å²) in [5.74, 6) is 0.649. The van der Waals surface area contributed by atoms with Crippen LogP contribution in [-0.2, 0) is 17.6 Å². The zero-order valence-electron chi connectivity index (χ0n) is 12.3. The molecule has 0 saturated heterocycles. The van der Waals surface area contributed by atoms with Gasteiger partial charge in [0.15, 0.2) is 0 Å². The second-order valence-corrected chi connectivity index (χ2v) is 6.44. The molecule has 5 nitrogen and oxygen atoms in total. The first-order valence-electron chi connectivity index (χ1n) is 7.30. The third kappa shape index (κ3) is 2.91. The fraction of sp³-hybridized carbons (Fsp3) is 0.375. The largest absolute Gasteiger partial charge is 0.468 e. The topological polar surface area (TPSA) is 78.1 Å². The number of carbonyl (C=O) groups is 1. The van der Waals surface area contributed by atoms with Crippen LogP contribution in [0, 0.1) is 11.3 Å². The van der Waals surface area contributed by atoms with Gasteiger partial charge in [-0.15, -0.1) is 11.3 Å². The molecule has 1 aliphatic carbocycles. The molecule has 1 amide bonds. The van der Waals surface area contributed by atoms with Gasteiger partial charge in [0.1, 0.15) is 16.8 Å². The lowest BCUT2D eigenvalue weighted by atomic mass is 10.1. The van der Waals surface area contributed by atoms with Crippen molar-refractivity contribution in [2.75, 3.05) is 11.9 Å². The van der Waals surface area contributed by atoms with Crippen LogP contribution in [0.5, 0.6) is 0 Å². The fourth-order valence-electron chi connectivity index (χ4n) is 2.67. The molecule has 3 rings (SSSR count). The van der Waals surface area contributed by atoms with Crippen LogP contribution >= 0.6 is 11.3 Å². The number of fused-ring (bicyclic) bond motifs is 1. The summed E-state index contributed by atoms with van der Waals surface area (Å²) < 4.78 is 5.29. The molecule has 0 spiro atoms. The Morgan fingerprint density at radius 1 is 1.55 bits per heavy atom. The van der Waals surface area contributed by atoms with Crippen molar-refractivity contribution in [1.29, 1.82) is 5.26 Å². The van der Waals surface area contributed by atoms with Crippen LogP contribution < -0.4 is 10.6 Å². The molecule has 6 heteroatoms. The lowest BCUT2D eigenvalue weighted by Gasteiger charge is -2.11. The molecule has 114 valence electrons. The molecule has 2 heterocycles. The molecule has 1 aliphatic rings. The number of carbonyl (C=O) groups excluding carboxylic acids is 1. The number of amides is 1. The summed E-state index contributed by atoms with van der Waals surface area (Å²) in [6, 6.07) is 5.88. The summed E-state index contributed by atoms with van der Waals surface area (Å²) in [5.41, 5.74) is 1.77. The van der Waals surface area contributed by atoms with Crippen molar-refractivity contribution >= 4 is 22.2 Å². The Balaban J connectivity index is 1.60. The quantitative estimate of drug-likeness (QED) is 0.889. The lowest BCUT2D eigenvalue weighted by molar-refractivity contribution is -0.115. The third-order valence-electron chi connectivity index (χ3n) is 3.82. The van der Waals surface area contributed by atoms with Crippen LogP contribution in [0.3, 0.4) is 0 Å². The molecule has 22 heavy (non-hydrogen) atoms. The minimum atomic E-state index is -0.144. The van der Waals surface area contributed by atoms with E-state index in [9.17, 15) is 10.1 Å². The number of furan rings is 1. The minimum absolute atomic E-state index is 0.0375. The van der Waals surface area contributed by atoms with Gasteiger partial charge in [-0.3, -0.25) is 10.1 Å². The van der Waals surface area contributed by atoms with E-state index in [1.807, 2.05) is 19.1 Å². The highest BCUT2D eigenvalue weighted by Crippen LogP contribution is 2.38. The van der Waals surface area contributed by atoms with E-state index in [0.29, 0.717) is 10.6 Å².